The molecule has 0 aromatic heterocycles. The lowest BCUT2D eigenvalue weighted by Crippen LogP contribution is -2.37. The Morgan fingerprint density at radius 3 is 1.38 bits per heavy atom. The molecule has 0 aliphatic rings. The summed E-state index contributed by atoms with van der Waals surface area (Å²) in [5.41, 5.74) is 0. The molecule has 63 heavy (non-hydrogen) atoms. The molecule has 9 heteroatoms. The summed E-state index contributed by atoms with van der Waals surface area (Å²) in [6.45, 7) is 5.36. The van der Waals surface area contributed by atoms with Gasteiger partial charge in [-0.05, 0) is 70.6 Å². The zero-order chi connectivity index (χ0) is 46.2. The van der Waals surface area contributed by atoms with Crippen LogP contribution in [0.25, 0.3) is 0 Å². The first-order valence-electron chi connectivity index (χ1n) is 25.3. The molecule has 0 amide bonds. The van der Waals surface area contributed by atoms with Gasteiger partial charge in [-0.3, -0.25) is 13.8 Å². The molecule has 0 aromatic rings. The fourth-order valence-corrected chi connectivity index (χ4v) is 7.34. The predicted molar refractivity (Wildman–Crippen MR) is 270 cm³/mol. The summed E-state index contributed by atoms with van der Waals surface area (Å²) in [7, 11) is 1.60. The van der Waals surface area contributed by atoms with E-state index in [9.17, 15) is 14.3 Å². The van der Waals surface area contributed by atoms with Gasteiger partial charge in [0.15, 0.2) is 0 Å². The molecule has 2 atom stereocenters. The molecule has 0 saturated heterocycles. The van der Waals surface area contributed by atoms with E-state index in [4.69, 9.17) is 18.5 Å². The molecule has 2 unspecified atom stereocenters. The Kier molecular flexibility index (Phi) is 44.5. The second kappa shape index (κ2) is 46.2. The van der Waals surface area contributed by atoms with Crippen molar-refractivity contribution >= 4 is 13.8 Å². The number of phosphoric acid groups is 1. The van der Waals surface area contributed by atoms with Crippen molar-refractivity contribution in [3.05, 3.63) is 85.1 Å². The highest BCUT2D eigenvalue weighted by Crippen LogP contribution is 2.43. The van der Waals surface area contributed by atoms with Crippen molar-refractivity contribution in [2.45, 2.75) is 200 Å². The van der Waals surface area contributed by atoms with Gasteiger partial charge >= 0.3 is 13.8 Å². The number of allylic oxidation sites excluding steroid dienone is 13. The average molecular weight is 903 g/mol. The van der Waals surface area contributed by atoms with Gasteiger partial charge in [0.05, 0.1) is 40.8 Å². The number of carbonyl (C=O) groups excluding carboxylic acids is 1. The summed E-state index contributed by atoms with van der Waals surface area (Å²) in [5.74, 6) is -0.441. The van der Waals surface area contributed by atoms with Crippen LogP contribution < -0.4 is 0 Å². The molecule has 0 radical (unpaired) electrons. The van der Waals surface area contributed by atoms with Crippen molar-refractivity contribution in [2.24, 2.45) is 0 Å². The van der Waals surface area contributed by atoms with Gasteiger partial charge in [0.1, 0.15) is 19.3 Å². The van der Waals surface area contributed by atoms with Crippen molar-refractivity contribution < 1.29 is 37.3 Å². The van der Waals surface area contributed by atoms with Crippen LogP contribution in [0.4, 0.5) is 0 Å². The van der Waals surface area contributed by atoms with Crippen LogP contribution in [0, 0.1) is 0 Å². The van der Waals surface area contributed by atoms with Crippen LogP contribution in [0.3, 0.4) is 0 Å². The van der Waals surface area contributed by atoms with Crippen LogP contribution >= 0.6 is 7.82 Å². The fourth-order valence-electron chi connectivity index (χ4n) is 6.60. The highest BCUT2D eigenvalue weighted by Gasteiger charge is 2.26. The Hall–Kier alpha value is -2.32. The van der Waals surface area contributed by atoms with Crippen LogP contribution in [0.5, 0.6) is 0 Å². The molecule has 0 bridgehead atoms. The number of rotatable bonds is 46. The fraction of sp³-hybridized carbons (Fsp3) is 0.722. The van der Waals surface area contributed by atoms with E-state index in [0.29, 0.717) is 17.6 Å². The van der Waals surface area contributed by atoms with Gasteiger partial charge in [0.25, 0.3) is 0 Å². The lowest BCUT2D eigenvalue weighted by atomic mass is 10.0. The van der Waals surface area contributed by atoms with Gasteiger partial charge < -0.3 is 18.9 Å². The Morgan fingerprint density at radius 2 is 0.921 bits per heavy atom. The summed E-state index contributed by atoms with van der Waals surface area (Å²) in [5, 5.41) is 0. The normalized spacial score (nSPS) is 14.3. The molecule has 0 aliphatic heterocycles. The number of unbranched alkanes of at least 4 members (excludes halogenated alkanes) is 19. The lowest BCUT2D eigenvalue weighted by molar-refractivity contribution is -0.870. The zero-order valence-corrected chi connectivity index (χ0v) is 42.2. The number of hydrogen-bond donors (Lipinski definition) is 1. The highest BCUT2D eigenvalue weighted by molar-refractivity contribution is 7.47. The average Bonchev–Trinajstić information content (AvgIpc) is 3.24. The molecule has 8 nitrogen and oxygen atoms in total. The van der Waals surface area contributed by atoms with E-state index >= 15 is 0 Å². The number of ether oxygens (including phenoxy) is 2. The van der Waals surface area contributed by atoms with E-state index in [2.05, 4.69) is 86.8 Å². The van der Waals surface area contributed by atoms with Gasteiger partial charge in [-0.25, -0.2) is 4.57 Å². The largest absolute Gasteiger partial charge is 0.472 e. The quantitative estimate of drug-likeness (QED) is 0.0214. The SMILES string of the molecule is CC/C=C\C/C=C\C/C=C\C/C=C\C/C=C\CC(=O)OC(COCCCCCCCCCCCCCCCC/C=C\C/C=C\CCCCCCC)COP(=O)(O)OCC[N+](C)(C)C. The van der Waals surface area contributed by atoms with E-state index in [-0.39, 0.29) is 26.2 Å². The van der Waals surface area contributed by atoms with Crippen molar-refractivity contribution in [1.29, 1.82) is 0 Å². The topological polar surface area (TPSA) is 91.3 Å². The maximum Gasteiger partial charge on any atom is 0.472 e. The van der Waals surface area contributed by atoms with Crippen LogP contribution in [-0.2, 0) is 27.9 Å². The van der Waals surface area contributed by atoms with Crippen molar-refractivity contribution in [3.63, 3.8) is 0 Å². The van der Waals surface area contributed by atoms with Gasteiger partial charge in [-0.15, -0.1) is 0 Å². The van der Waals surface area contributed by atoms with Gasteiger partial charge in [0, 0.05) is 6.61 Å². The molecule has 0 aliphatic carbocycles. The Balaban J connectivity index is 4.17. The number of nitrogens with zero attached hydrogens (tertiary/aromatic N) is 1. The summed E-state index contributed by atoms with van der Waals surface area (Å²) in [6, 6.07) is 0. The minimum atomic E-state index is -4.31. The number of likely N-dealkylation sites (N-methyl/N-ethyl adjacent to an activating group) is 1. The minimum Gasteiger partial charge on any atom is -0.457 e. The first kappa shape index (κ1) is 60.7. The molecule has 0 rings (SSSR count). The summed E-state index contributed by atoms with van der Waals surface area (Å²) >= 11 is 0. The number of esters is 1. The maximum atomic E-state index is 12.7. The number of hydrogen-bond acceptors (Lipinski definition) is 6. The lowest BCUT2D eigenvalue weighted by Gasteiger charge is -2.24. The third-order valence-corrected chi connectivity index (χ3v) is 11.5. The third-order valence-electron chi connectivity index (χ3n) is 10.5. The standard InChI is InChI=1S/C54H96NO7P/c1-6-8-10-12-14-16-18-20-22-23-24-25-26-27-28-29-30-31-32-34-36-38-40-42-44-46-49-59-51-53(52-61-63(57,58)60-50-48-55(3,4)5)62-54(56)47-45-43-41-39-37-35-33-21-19-17-15-13-11-9-7-2/h9,11,15,17-18,20-21,23-24,33,37,39,43,45,53H,6-8,10,12-14,16,19,22,25-32,34-36,38,40-42,44,46-52H2,1-5H3/p+1/b11-9-,17-15-,20-18-,24-23-,33-21-,39-37-,45-43-. The molecular weight excluding hydrogens is 806 g/mol. The summed E-state index contributed by atoms with van der Waals surface area (Å²) < 4.78 is 35.0. The molecular formula is C54H97NO7P+. The van der Waals surface area contributed by atoms with E-state index < -0.39 is 19.9 Å². The van der Waals surface area contributed by atoms with E-state index in [1.54, 1.807) is 6.08 Å². The second-order valence-electron chi connectivity index (χ2n) is 17.8. The predicted octanol–water partition coefficient (Wildman–Crippen LogP) is 15.6. The molecule has 0 aromatic carbocycles. The molecule has 1 N–H and O–H groups in total. The number of phosphoric ester groups is 1. The Bertz CT molecular complexity index is 1280. The number of quaternary nitrogens is 1. The molecule has 0 heterocycles. The molecule has 364 valence electrons. The van der Waals surface area contributed by atoms with E-state index in [1.807, 2.05) is 27.2 Å². The highest BCUT2D eigenvalue weighted by atomic mass is 31.2. The smallest absolute Gasteiger partial charge is 0.457 e. The van der Waals surface area contributed by atoms with Crippen LogP contribution in [0.1, 0.15) is 194 Å². The van der Waals surface area contributed by atoms with Gasteiger partial charge in [0.2, 0.25) is 0 Å². The van der Waals surface area contributed by atoms with Gasteiger partial charge in [-0.2, -0.15) is 0 Å². The second-order valence-corrected chi connectivity index (χ2v) is 19.3. The maximum absolute atomic E-state index is 12.7. The zero-order valence-electron chi connectivity index (χ0n) is 41.3. The number of carbonyl (C=O) groups is 1. The van der Waals surface area contributed by atoms with E-state index in [0.717, 1.165) is 51.4 Å². The van der Waals surface area contributed by atoms with Crippen molar-refractivity contribution in [1.82, 2.24) is 0 Å². The first-order chi connectivity index (χ1) is 30.6. The molecule has 0 spiro atoms. The van der Waals surface area contributed by atoms with Gasteiger partial charge in [-0.1, -0.05) is 202 Å². The van der Waals surface area contributed by atoms with Crippen molar-refractivity contribution in [3.8, 4) is 0 Å². The Morgan fingerprint density at radius 1 is 0.508 bits per heavy atom. The Labute approximate surface area is 388 Å². The summed E-state index contributed by atoms with van der Waals surface area (Å²) in [4.78, 5) is 22.9. The van der Waals surface area contributed by atoms with Crippen LogP contribution in [0.2, 0.25) is 0 Å². The molecule has 0 fully saturated rings. The van der Waals surface area contributed by atoms with Crippen LogP contribution in [0.15, 0.2) is 85.1 Å². The first-order valence-corrected chi connectivity index (χ1v) is 26.8. The minimum absolute atomic E-state index is 0.0686. The van der Waals surface area contributed by atoms with Crippen molar-refractivity contribution in [2.75, 3.05) is 54.1 Å². The monoisotopic (exact) mass is 903 g/mol. The molecule has 0 saturated carbocycles. The third kappa shape index (κ3) is 50.5. The van der Waals surface area contributed by atoms with Crippen LogP contribution in [-0.4, -0.2) is 75.6 Å². The van der Waals surface area contributed by atoms with E-state index in [1.165, 1.54) is 122 Å². The summed E-state index contributed by atoms with van der Waals surface area (Å²) in [6.07, 6.45) is 62.5.